The van der Waals surface area contributed by atoms with Crippen molar-refractivity contribution in [3.63, 3.8) is 0 Å². The van der Waals surface area contributed by atoms with Gasteiger partial charge in [-0.15, -0.1) is 0 Å². The molecular weight excluding hydrogens is 413 g/mol. The highest BCUT2D eigenvalue weighted by Crippen LogP contribution is 2.37. The van der Waals surface area contributed by atoms with E-state index in [0.29, 0.717) is 22.3 Å². The molecule has 0 aliphatic heterocycles. The minimum Gasteiger partial charge on any atom is -0.481 e. The number of nitrogens with zero attached hydrogens (tertiary/aromatic N) is 1. The van der Waals surface area contributed by atoms with E-state index in [1.54, 1.807) is 18.2 Å². The van der Waals surface area contributed by atoms with Crippen molar-refractivity contribution in [1.29, 1.82) is 0 Å². The van der Waals surface area contributed by atoms with Crippen molar-refractivity contribution in [3.8, 4) is 11.1 Å². The zero-order valence-electron chi connectivity index (χ0n) is 18.9. The van der Waals surface area contributed by atoms with Crippen molar-refractivity contribution in [2.24, 2.45) is 0 Å². The number of carbonyl (C=O) groups is 1. The number of carboxylic acids is 1. The lowest BCUT2D eigenvalue weighted by Crippen LogP contribution is -2.19. The summed E-state index contributed by atoms with van der Waals surface area (Å²) in [4.78, 5) is 15.6. The molecule has 0 fully saturated rings. The average molecular weight is 446 g/mol. The van der Waals surface area contributed by atoms with Gasteiger partial charge >= 0.3 is 5.97 Å². The van der Waals surface area contributed by atoms with Crippen LogP contribution >= 0.6 is 0 Å². The first-order valence-electron chi connectivity index (χ1n) is 10.7. The van der Waals surface area contributed by atoms with E-state index in [2.05, 4.69) is 0 Å². The molecule has 7 heteroatoms. The molecule has 0 saturated heterocycles. The van der Waals surface area contributed by atoms with E-state index < -0.39 is 24.6 Å². The summed E-state index contributed by atoms with van der Waals surface area (Å²) in [5.74, 6) is -1.45. The van der Waals surface area contributed by atoms with Crippen molar-refractivity contribution in [1.82, 2.24) is 4.98 Å². The number of pyridine rings is 1. The van der Waals surface area contributed by atoms with Crippen molar-refractivity contribution in [2.45, 2.75) is 71.2 Å². The first-order valence-corrected chi connectivity index (χ1v) is 10.7. The van der Waals surface area contributed by atoms with Crippen LogP contribution in [0.4, 0.5) is 4.39 Å². The zero-order valence-corrected chi connectivity index (χ0v) is 18.9. The number of hydrogen-bond acceptors (Lipinski definition) is 5. The molecule has 0 bridgehead atoms. The van der Waals surface area contributed by atoms with Crippen LogP contribution in [0.2, 0.25) is 0 Å². The Labute approximate surface area is 188 Å². The summed E-state index contributed by atoms with van der Waals surface area (Å²) in [5, 5.41) is 39.2. The number of aliphatic hydroxyl groups excluding tert-OH is 3. The van der Waals surface area contributed by atoms with Crippen molar-refractivity contribution in [2.75, 3.05) is 0 Å². The summed E-state index contributed by atoms with van der Waals surface area (Å²) < 4.78 is 13.6. The highest BCUT2D eigenvalue weighted by atomic mass is 19.1. The molecule has 2 rings (SSSR count). The Bertz CT molecular complexity index is 954. The topological polar surface area (TPSA) is 111 Å². The SMILES string of the molecule is CC(C)c1nc(C(C)C)c(CO)c(-c2ccc(F)cc2)c1C=C[C@@H](O)C[C@@H](O)CC(=O)O. The lowest BCUT2D eigenvalue weighted by atomic mass is 9.87. The quantitative estimate of drug-likeness (QED) is 0.436. The number of rotatable bonds is 10. The van der Waals surface area contributed by atoms with E-state index >= 15 is 0 Å². The van der Waals surface area contributed by atoms with E-state index in [1.807, 2.05) is 27.7 Å². The second kappa shape index (κ2) is 11.3. The zero-order chi connectivity index (χ0) is 24.0. The molecule has 2 atom stereocenters. The minimum atomic E-state index is -1.18. The van der Waals surface area contributed by atoms with Gasteiger partial charge in [-0.2, -0.15) is 0 Å². The summed E-state index contributed by atoms with van der Waals surface area (Å²) in [6.07, 6.45) is 0.327. The van der Waals surface area contributed by atoms with Crippen LogP contribution < -0.4 is 0 Å². The number of aliphatic carboxylic acids is 1. The van der Waals surface area contributed by atoms with Gasteiger partial charge < -0.3 is 20.4 Å². The molecule has 1 heterocycles. The van der Waals surface area contributed by atoms with Crippen LogP contribution in [0, 0.1) is 5.82 Å². The molecule has 1 aromatic carbocycles. The van der Waals surface area contributed by atoms with Crippen molar-refractivity contribution in [3.05, 3.63) is 58.7 Å². The number of aliphatic hydroxyl groups is 3. The third-order valence-corrected chi connectivity index (χ3v) is 5.19. The standard InChI is InChI=1S/C25H32FNO5/c1-14(2)24-20(10-9-18(29)11-19(30)12-22(31)32)23(16-5-7-17(26)8-6-16)21(13-28)25(27-24)15(3)4/h5-10,14-15,18-19,28-30H,11-13H2,1-4H3,(H,31,32)/t18-,19-/m1/s1. The molecule has 0 radical (unpaired) electrons. The van der Waals surface area contributed by atoms with Gasteiger partial charge in [-0.05, 0) is 35.1 Å². The maximum absolute atomic E-state index is 13.6. The van der Waals surface area contributed by atoms with Crippen LogP contribution in [-0.2, 0) is 11.4 Å². The monoisotopic (exact) mass is 445 g/mol. The molecule has 0 spiro atoms. The summed E-state index contributed by atoms with van der Waals surface area (Å²) in [5.41, 5.74) is 4.26. The van der Waals surface area contributed by atoms with E-state index in [4.69, 9.17) is 10.1 Å². The molecule has 174 valence electrons. The molecule has 0 saturated carbocycles. The fourth-order valence-corrected chi connectivity index (χ4v) is 3.72. The Kier molecular flexibility index (Phi) is 9.07. The predicted molar refractivity (Wildman–Crippen MR) is 122 cm³/mol. The Morgan fingerprint density at radius 2 is 1.66 bits per heavy atom. The first-order chi connectivity index (χ1) is 15.0. The summed E-state index contributed by atoms with van der Waals surface area (Å²) in [7, 11) is 0. The van der Waals surface area contributed by atoms with Gasteiger partial charge in [-0.1, -0.05) is 52.0 Å². The van der Waals surface area contributed by atoms with Gasteiger partial charge in [-0.25, -0.2) is 4.39 Å². The Morgan fingerprint density at radius 3 is 2.16 bits per heavy atom. The predicted octanol–water partition coefficient (Wildman–Crippen LogP) is 4.23. The summed E-state index contributed by atoms with van der Waals surface area (Å²) >= 11 is 0. The van der Waals surface area contributed by atoms with Crippen LogP contribution in [0.5, 0.6) is 0 Å². The van der Waals surface area contributed by atoms with Gasteiger partial charge in [0, 0.05) is 23.2 Å². The lowest BCUT2D eigenvalue weighted by Gasteiger charge is -2.23. The van der Waals surface area contributed by atoms with E-state index in [0.717, 1.165) is 11.4 Å². The first kappa shape index (κ1) is 25.6. The smallest absolute Gasteiger partial charge is 0.305 e. The Balaban J connectivity index is 2.65. The van der Waals surface area contributed by atoms with Crippen LogP contribution in [0.15, 0.2) is 30.3 Å². The summed E-state index contributed by atoms with van der Waals surface area (Å²) in [6.45, 7) is 7.70. The van der Waals surface area contributed by atoms with E-state index in [1.165, 1.54) is 18.2 Å². The Hall–Kier alpha value is -2.61. The number of carboxylic acid groups (broad SMARTS) is 1. The molecule has 0 amide bonds. The van der Waals surface area contributed by atoms with Crippen LogP contribution in [-0.4, -0.2) is 43.6 Å². The fraction of sp³-hybridized carbons (Fsp3) is 0.440. The minimum absolute atomic E-state index is 0.0221. The largest absolute Gasteiger partial charge is 0.481 e. The number of benzene rings is 1. The third-order valence-electron chi connectivity index (χ3n) is 5.19. The van der Waals surface area contributed by atoms with Crippen LogP contribution in [0.1, 0.15) is 74.9 Å². The number of hydrogen-bond donors (Lipinski definition) is 4. The van der Waals surface area contributed by atoms with Gasteiger partial charge in [0.05, 0.1) is 30.9 Å². The highest BCUT2D eigenvalue weighted by molar-refractivity contribution is 5.80. The molecule has 6 nitrogen and oxygen atoms in total. The second-order valence-electron chi connectivity index (χ2n) is 8.54. The molecule has 1 aromatic heterocycles. The molecule has 0 aliphatic rings. The van der Waals surface area contributed by atoms with Gasteiger partial charge in [0.1, 0.15) is 5.82 Å². The molecule has 4 N–H and O–H groups in total. The second-order valence-corrected chi connectivity index (χ2v) is 8.54. The average Bonchev–Trinajstić information content (AvgIpc) is 2.70. The fourth-order valence-electron chi connectivity index (χ4n) is 3.72. The number of halogens is 1. The van der Waals surface area contributed by atoms with Crippen LogP contribution in [0.3, 0.4) is 0 Å². The third kappa shape index (κ3) is 6.45. The van der Waals surface area contributed by atoms with Gasteiger partial charge in [0.25, 0.3) is 0 Å². The van der Waals surface area contributed by atoms with E-state index in [-0.39, 0.29) is 30.7 Å². The summed E-state index contributed by atoms with van der Waals surface area (Å²) in [6, 6.07) is 5.99. The normalized spacial score (nSPS) is 13.8. The molecule has 32 heavy (non-hydrogen) atoms. The van der Waals surface area contributed by atoms with Gasteiger partial charge in [0.15, 0.2) is 0 Å². The molecule has 0 aliphatic carbocycles. The maximum atomic E-state index is 13.6. The van der Waals surface area contributed by atoms with Crippen molar-refractivity contribution < 1.29 is 29.6 Å². The molecule has 0 unspecified atom stereocenters. The lowest BCUT2D eigenvalue weighted by molar-refractivity contribution is -0.139. The van der Waals surface area contributed by atoms with Crippen molar-refractivity contribution >= 4 is 12.0 Å². The van der Waals surface area contributed by atoms with Gasteiger partial charge in [-0.3, -0.25) is 9.78 Å². The molecular formula is C25H32FNO5. The Morgan fingerprint density at radius 1 is 1.06 bits per heavy atom. The van der Waals surface area contributed by atoms with Crippen LogP contribution in [0.25, 0.3) is 17.2 Å². The van der Waals surface area contributed by atoms with E-state index in [9.17, 15) is 24.5 Å². The highest BCUT2D eigenvalue weighted by Gasteiger charge is 2.22. The number of aromatic nitrogens is 1. The molecule has 2 aromatic rings. The van der Waals surface area contributed by atoms with Gasteiger partial charge in [0.2, 0.25) is 0 Å². The maximum Gasteiger partial charge on any atom is 0.305 e.